The van der Waals surface area contributed by atoms with Gasteiger partial charge in [-0.25, -0.2) is 4.98 Å². The molecule has 0 unspecified atom stereocenters. The van der Waals surface area contributed by atoms with Crippen molar-refractivity contribution < 1.29 is 9.21 Å². The number of aromatic nitrogens is 1. The monoisotopic (exact) mass is 307 g/mol. The van der Waals surface area contributed by atoms with Gasteiger partial charge in [0.15, 0.2) is 5.58 Å². The summed E-state index contributed by atoms with van der Waals surface area (Å²) in [7, 11) is 0. The molecule has 116 valence electrons. The van der Waals surface area contributed by atoms with Crippen LogP contribution in [0.4, 0.5) is 0 Å². The van der Waals surface area contributed by atoms with Crippen LogP contribution < -0.4 is 5.73 Å². The van der Waals surface area contributed by atoms with E-state index in [0.717, 1.165) is 11.1 Å². The predicted octanol–water partition coefficient (Wildman–Crippen LogP) is 2.24. The average molecular weight is 307 g/mol. The van der Waals surface area contributed by atoms with Gasteiger partial charge in [-0.2, -0.15) is 0 Å². The standard InChI is InChI=1S/C18H17N3O2/c19-18(22)15-9-12-5-1-2-6-13(12)10-21(15)11-17-20-14-7-3-4-8-16(14)23-17/h1-8,15H,9-11H2,(H2,19,22)/t15-/m0/s1. The Morgan fingerprint density at radius 2 is 1.91 bits per heavy atom. The lowest BCUT2D eigenvalue weighted by atomic mass is 9.93. The molecule has 1 amide bonds. The Balaban J connectivity index is 1.64. The Labute approximate surface area is 133 Å². The van der Waals surface area contributed by atoms with E-state index in [-0.39, 0.29) is 11.9 Å². The number of carbonyl (C=O) groups is 1. The zero-order valence-electron chi connectivity index (χ0n) is 12.6. The molecule has 0 saturated heterocycles. The molecule has 2 N–H and O–H groups in total. The van der Waals surface area contributed by atoms with E-state index >= 15 is 0 Å². The summed E-state index contributed by atoms with van der Waals surface area (Å²) >= 11 is 0. The molecule has 1 aromatic heterocycles. The van der Waals surface area contributed by atoms with Gasteiger partial charge in [0.25, 0.3) is 0 Å². The number of rotatable bonds is 3. The first kappa shape index (κ1) is 14.0. The highest BCUT2D eigenvalue weighted by molar-refractivity contribution is 5.80. The first-order valence-electron chi connectivity index (χ1n) is 7.65. The number of oxazole rings is 1. The van der Waals surface area contributed by atoms with Crippen molar-refractivity contribution in [1.82, 2.24) is 9.88 Å². The number of fused-ring (bicyclic) bond motifs is 2. The van der Waals surface area contributed by atoms with Crippen LogP contribution in [0.1, 0.15) is 17.0 Å². The topological polar surface area (TPSA) is 72.4 Å². The molecular weight excluding hydrogens is 290 g/mol. The molecule has 0 spiro atoms. The lowest BCUT2D eigenvalue weighted by Gasteiger charge is -2.34. The molecule has 1 atom stereocenters. The molecule has 2 aromatic carbocycles. The molecule has 5 nitrogen and oxygen atoms in total. The van der Waals surface area contributed by atoms with Crippen LogP contribution in [-0.2, 0) is 24.3 Å². The van der Waals surface area contributed by atoms with Crippen molar-refractivity contribution in [2.45, 2.75) is 25.6 Å². The van der Waals surface area contributed by atoms with Crippen LogP contribution in [0.15, 0.2) is 52.9 Å². The normalized spacial score (nSPS) is 18.0. The van der Waals surface area contributed by atoms with E-state index in [4.69, 9.17) is 10.2 Å². The number of primary amides is 1. The SMILES string of the molecule is NC(=O)[C@@H]1Cc2ccccc2CN1Cc1nc2ccccc2o1. The number of amides is 1. The smallest absolute Gasteiger partial charge is 0.235 e. The predicted molar refractivity (Wildman–Crippen MR) is 86.4 cm³/mol. The van der Waals surface area contributed by atoms with E-state index in [0.29, 0.717) is 25.4 Å². The van der Waals surface area contributed by atoms with Gasteiger partial charge < -0.3 is 10.2 Å². The number of hydrogen-bond acceptors (Lipinski definition) is 4. The lowest BCUT2D eigenvalue weighted by Crippen LogP contribution is -2.48. The van der Waals surface area contributed by atoms with Crippen LogP contribution in [0.25, 0.3) is 11.1 Å². The van der Waals surface area contributed by atoms with Crippen molar-refractivity contribution >= 4 is 17.0 Å². The van der Waals surface area contributed by atoms with Gasteiger partial charge in [-0.05, 0) is 29.7 Å². The van der Waals surface area contributed by atoms with Crippen LogP contribution in [0.5, 0.6) is 0 Å². The Hall–Kier alpha value is -2.66. The molecule has 2 heterocycles. The maximum atomic E-state index is 11.9. The summed E-state index contributed by atoms with van der Waals surface area (Å²) in [6.07, 6.45) is 0.631. The van der Waals surface area contributed by atoms with Gasteiger partial charge in [0.2, 0.25) is 11.8 Å². The highest BCUT2D eigenvalue weighted by atomic mass is 16.3. The second-order valence-corrected chi connectivity index (χ2v) is 5.87. The highest BCUT2D eigenvalue weighted by Gasteiger charge is 2.30. The van der Waals surface area contributed by atoms with E-state index in [1.807, 2.05) is 41.3 Å². The maximum absolute atomic E-state index is 11.9. The molecule has 1 aliphatic rings. The van der Waals surface area contributed by atoms with Gasteiger partial charge in [-0.3, -0.25) is 9.69 Å². The zero-order chi connectivity index (χ0) is 15.8. The lowest BCUT2D eigenvalue weighted by molar-refractivity contribution is -0.124. The van der Waals surface area contributed by atoms with E-state index < -0.39 is 0 Å². The third kappa shape index (κ3) is 2.59. The van der Waals surface area contributed by atoms with Crippen LogP contribution in [-0.4, -0.2) is 21.8 Å². The molecule has 0 saturated carbocycles. The minimum atomic E-state index is -0.333. The van der Waals surface area contributed by atoms with E-state index in [9.17, 15) is 4.79 Å². The van der Waals surface area contributed by atoms with Crippen molar-refractivity contribution in [3.8, 4) is 0 Å². The van der Waals surface area contributed by atoms with Gasteiger partial charge in [-0.15, -0.1) is 0 Å². The van der Waals surface area contributed by atoms with E-state index in [2.05, 4.69) is 17.1 Å². The molecule has 3 aromatic rings. The fraction of sp³-hybridized carbons (Fsp3) is 0.222. The summed E-state index contributed by atoms with van der Waals surface area (Å²) < 4.78 is 5.78. The summed E-state index contributed by atoms with van der Waals surface area (Å²) in [5.41, 5.74) is 9.61. The van der Waals surface area contributed by atoms with Crippen LogP contribution in [0.3, 0.4) is 0 Å². The number of para-hydroxylation sites is 2. The Morgan fingerprint density at radius 3 is 2.70 bits per heavy atom. The second kappa shape index (κ2) is 5.52. The molecular formula is C18H17N3O2. The van der Waals surface area contributed by atoms with Crippen molar-refractivity contribution in [2.24, 2.45) is 5.73 Å². The third-order valence-corrected chi connectivity index (χ3v) is 4.35. The number of nitrogens with two attached hydrogens (primary N) is 1. The minimum Gasteiger partial charge on any atom is -0.439 e. The fourth-order valence-corrected chi connectivity index (χ4v) is 3.19. The summed E-state index contributed by atoms with van der Waals surface area (Å²) in [5, 5.41) is 0. The Kier molecular flexibility index (Phi) is 3.35. The first-order chi connectivity index (χ1) is 11.2. The van der Waals surface area contributed by atoms with Gasteiger partial charge in [0.05, 0.1) is 12.6 Å². The molecule has 1 aliphatic heterocycles. The van der Waals surface area contributed by atoms with Crippen molar-refractivity contribution in [1.29, 1.82) is 0 Å². The Bertz CT molecular complexity index is 838. The molecule has 0 bridgehead atoms. The van der Waals surface area contributed by atoms with Crippen LogP contribution >= 0.6 is 0 Å². The van der Waals surface area contributed by atoms with Crippen LogP contribution in [0, 0.1) is 0 Å². The van der Waals surface area contributed by atoms with Gasteiger partial charge in [0.1, 0.15) is 5.52 Å². The quantitative estimate of drug-likeness (QED) is 0.805. The van der Waals surface area contributed by atoms with Gasteiger partial charge in [-0.1, -0.05) is 36.4 Å². The highest BCUT2D eigenvalue weighted by Crippen LogP contribution is 2.25. The largest absolute Gasteiger partial charge is 0.439 e. The maximum Gasteiger partial charge on any atom is 0.235 e. The molecule has 23 heavy (non-hydrogen) atoms. The summed E-state index contributed by atoms with van der Waals surface area (Å²) in [6, 6.07) is 15.5. The molecule has 5 heteroatoms. The van der Waals surface area contributed by atoms with Crippen LogP contribution in [0.2, 0.25) is 0 Å². The Morgan fingerprint density at radius 1 is 1.17 bits per heavy atom. The van der Waals surface area contributed by atoms with Gasteiger partial charge >= 0.3 is 0 Å². The second-order valence-electron chi connectivity index (χ2n) is 5.87. The molecule has 0 aliphatic carbocycles. The third-order valence-electron chi connectivity index (χ3n) is 4.35. The summed E-state index contributed by atoms with van der Waals surface area (Å²) in [4.78, 5) is 18.4. The number of hydrogen-bond donors (Lipinski definition) is 1. The average Bonchev–Trinajstić information content (AvgIpc) is 2.96. The van der Waals surface area contributed by atoms with E-state index in [1.54, 1.807) is 0 Å². The molecule has 4 rings (SSSR count). The van der Waals surface area contributed by atoms with Crippen molar-refractivity contribution in [2.75, 3.05) is 0 Å². The minimum absolute atomic E-state index is 0.310. The number of carbonyl (C=O) groups excluding carboxylic acids is 1. The van der Waals surface area contributed by atoms with E-state index in [1.165, 1.54) is 11.1 Å². The van der Waals surface area contributed by atoms with Gasteiger partial charge in [0, 0.05) is 6.54 Å². The van der Waals surface area contributed by atoms with Crippen molar-refractivity contribution in [3.05, 3.63) is 65.5 Å². The number of nitrogens with zero attached hydrogens (tertiary/aromatic N) is 2. The molecule has 0 radical (unpaired) electrons. The zero-order valence-corrected chi connectivity index (χ0v) is 12.6. The first-order valence-corrected chi connectivity index (χ1v) is 7.65. The fourth-order valence-electron chi connectivity index (χ4n) is 3.19. The number of benzene rings is 2. The van der Waals surface area contributed by atoms with Crippen molar-refractivity contribution in [3.63, 3.8) is 0 Å². The summed E-state index contributed by atoms with van der Waals surface area (Å²) in [5.74, 6) is 0.299. The molecule has 0 fully saturated rings. The summed E-state index contributed by atoms with van der Waals surface area (Å²) in [6.45, 7) is 1.14.